The number of hydrogen-bond acceptors (Lipinski definition) is 7. The van der Waals surface area contributed by atoms with E-state index in [0.29, 0.717) is 34.8 Å². The van der Waals surface area contributed by atoms with Crippen LogP contribution in [-0.2, 0) is 4.79 Å². The summed E-state index contributed by atoms with van der Waals surface area (Å²) in [6.07, 6.45) is 2.68. The Labute approximate surface area is 233 Å². The van der Waals surface area contributed by atoms with Crippen LogP contribution in [0.4, 0.5) is 11.5 Å². The lowest BCUT2D eigenvalue weighted by atomic mass is 9.98. The van der Waals surface area contributed by atoms with E-state index in [1.165, 1.54) is 6.33 Å². The van der Waals surface area contributed by atoms with E-state index in [4.69, 9.17) is 4.42 Å². The third-order valence-electron chi connectivity index (χ3n) is 6.66. The Morgan fingerprint density at radius 2 is 1.68 bits per heavy atom. The fraction of sp³-hybridized carbons (Fsp3) is 0.219. The van der Waals surface area contributed by atoms with Crippen molar-refractivity contribution < 1.29 is 14.3 Å². The molecule has 8 heteroatoms. The lowest BCUT2D eigenvalue weighted by Gasteiger charge is -2.18. The van der Waals surface area contributed by atoms with Crippen LogP contribution in [0, 0.1) is 0 Å². The monoisotopic (exact) mass is 535 g/mol. The van der Waals surface area contributed by atoms with Crippen LogP contribution in [-0.4, -0.2) is 53.1 Å². The van der Waals surface area contributed by atoms with Gasteiger partial charge in [-0.25, -0.2) is 9.97 Å². The lowest BCUT2D eigenvalue weighted by Crippen LogP contribution is -2.17. The molecule has 1 amide bonds. The van der Waals surface area contributed by atoms with Crippen molar-refractivity contribution in [2.45, 2.75) is 18.9 Å². The fourth-order valence-corrected chi connectivity index (χ4v) is 4.73. The maximum absolute atomic E-state index is 12.6. The first-order chi connectivity index (χ1) is 19.5. The molecule has 3 aromatic carbocycles. The number of aliphatic hydroxyl groups excluding tert-OH is 1. The second-order valence-electron chi connectivity index (χ2n) is 9.90. The number of hydrogen-bond donors (Lipinski definition) is 3. The number of aliphatic hydroxyl groups is 1. The van der Waals surface area contributed by atoms with Gasteiger partial charge in [0.05, 0.1) is 18.0 Å². The Kier molecular flexibility index (Phi) is 8.49. The van der Waals surface area contributed by atoms with E-state index in [1.54, 1.807) is 0 Å². The molecule has 0 fully saturated rings. The molecule has 2 heterocycles. The van der Waals surface area contributed by atoms with Crippen molar-refractivity contribution in [1.82, 2.24) is 14.9 Å². The molecule has 0 spiro atoms. The maximum atomic E-state index is 12.6. The molecular formula is C32H33N5O3. The van der Waals surface area contributed by atoms with E-state index < -0.39 is 0 Å². The number of aromatic nitrogens is 2. The quantitative estimate of drug-likeness (QED) is 0.191. The number of nitrogens with one attached hydrogen (secondary N) is 2. The number of fused-ring (bicyclic) bond motifs is 1. The highest BCUT2D eigenvalue weighted by Gasteiger charge is 2.24. The van der Waals surface area contributed by atoms with Gasteiger partial charge in [0.15, 0.2) is 0 Å². The van der Waals surface area contributed by atoms with Gasteiger partial charge in [-0.3, -0.25) is 4.79 Å². The number of benzene rings is 3. The van der Waals surface area contributed by atoms with Crippen LogP contribution >= 0.6 is 0 Å². The molecule has 0 aliphatic carbocycles. The summed E-state index contributed by atoms with van der Waals surface area (Å²) < 4.78 is 6.35. The molecular weight excluding hydrogens is 502 g/mol. The van der Waals surface area contributed by atoms with Crippen LogP contribution in [0.5, 0.6) is 0 Å². The molecule has 0 saturated heterocycles. The van der Waals surface area contributed by atoms with Gasteiger partial charge in [-0.1, -0.05) is 72.8 Å². The van der Waals surface area contributed by atoms with Gasteiger partial charge in [-0.2, -0.15) is 0 Å². The van der Waals surface area contributed by atoms with Gasteiger partial charge in [-0.05, 0) is 50.3 Å². The van der Waals surface area contributed by atoms with Crippen LogP contribution in [0.15, 0.2) is 95.7 Å². The van der Waals surface area contributed by atoms with Crippen molar-refractivity contribution >= 4 is 28.5 Å². The standard InChI is InChI=1S/C32H33N5O3/c1-37(2)18-10-17-27(39)35-25-16-9-15-24(19-25)28-29-31(36-26(20-38)22-11-5-3-6-12-22)33-21-34-32(29)40-30(28)23-13-7-4-8-14-23/h3-9,11-16,19,21,26,38H,10,17-18,20H2,1-2H3,(H,35,39)(H,33,34,36)/t26-/m1/s1. The molecule has 0 saturated carbocycles. The Morgan fingerprint density at radius 3 is 2.40 bits per heavy atom. The number of rotatable bonds is 11. The Morgan fingerprint density at radius 1 is 0.950 bits per heavy atom. The molecule has 0 aliphatic rings. The molecule has 0 radical (unpaired) electrons. The van der Waals surface area contributed by atoms with Crippen LogP contribution in [0.1, 0.15) is 24.4 Å². The van der Waals surface area contributed by atoms with Crippen molar-refractivity contribution in [1.29, 1.82) is 0 Å². The predicted molar refractivity (Wildman–Crippen MR) is 159 cm³/mol. The molecule has 5 rings (SSSR count). The van der Waals surface area contributed by atoms with E-state index in [-0.39, 0.29) is 18.6 Å². The molecule has 204 valence electrons. The highest BCUT2D eigenvalue weighted by atomic mass is 16.3. The summed E-state index contributed by atoms with van der Waals surface area (Å²) in [5.74, 6) is 1.17. The van der Waals surface area contributed by atoms with Gasteiger partial charge in [0.25, 0.3) is 0 Å². The topological polar surface area (TPSA) is 104 Å². The van der Waals surface area contributed by atoms with Crippen LogP contribution < -0.4 is 10.6 Å². The number of carbonyl (C=O) groups excluding carboxylic acids is 1. The van der Waals surface area contributed by atoms with Gasteiger partial charge in [0, 0.05) is 23.2 Å². The summed E-state index contributed by atoms with van der Waals surface area (Å²) in [5.41, 5.74) is 4.60. The number of furan rings is 1. The zero-order valence-electron chi connectivity index (χ0n) is 22.7. The zero-order chi connectivity index (χ0) is 27.9. The molecule has 8 nitrogen and oxygen atoms in total. The zero-order valence-corrected chi connectivity index (χ0v) is 22.7. The Hall–Kier alpha value is -4.53. The van der Waals surface area contributed by atoms with Crippen molar-refractivity contribution in [3.05, 3.63) is 96.8 Å². The highest BCUT2D eigenvalue weighted by molar-refractivity contribution is 6.06. The van der Waals surface area contributed by atoms with Crippen LogP contribution in [0.25, 0.3) is 33.6 Å². The summed E-state index contributed by atoms with van der Waals surface area (Å²) in [6, 6.07) is 26.9. The Balaban J connectivity index is 1.58. The number of anilines is 2. The van der Waals surface area contributed by atoms with Crippen molar-refractivity contribution in [2.75, 3.05) is 37.9 Å². The van der Waals surface area contributed by atoms with Gasteiger partial charge < -0.3 is 25.1 Å². The first-order valence-electron chi connectivity index (χ1n) is 13.3. The molecule has 40 heavy (non-hydrogen) atoms. The van der Waals surface area contributed by atoms with Crippen LogP contribution in [0.2, 0.25) is 0 Å². The maximum Gasteiger partial charge on any atom is 0.232 e. The summed E-state index contributed by atoms with van der Waals surface area (Å²) >= 11 is 0. The number of nitrogens with zero attached hydrogens (tertiary/aromatic N) is 3. The number of carbonyl (C=O) groups is 1. The summed E-state index contributed by atoms with van der Waals surface area (Å²) in [5, 5.41) is 17.4. The largest absolute Gasteiger partial charge is 0.437 e. The number of amides is 1. The van der Waals surface area contributed by atoms with E-state index in [2.05, 4.69) is 25.5 Å². The second-order valence-corrected chi connectivity index (χ2v) is 9.90. The summed E-state index contributed by atoms with van der Waals surface area (Å²) in [7, 11) is 3.99. The van der Waals surface area contributed by atoms with E-state index >= 15 is 0 Å². The predicted octanol–water partition coefficient (Wildman–Crippen LogP) is 5.98. The van der Waals surface area contributed by atoms with Gasteiger partial charge >= 0.3 is 0 Å². The second kappa shape index (κ2) is 12.5. The van der Waals surface area contributed by atoms with E-state index in [0.717, 1.165) is 35.2 Å². The van der Waals surface area contributed by atoms with Gasteiger partial charge in [0.1, 0.15) is 17.9 Å². The first-order valence-corrected chi connectivity index (χ1v) is 13.3. The lowest BCUT2D eigenvalue weighted by molar-refractivity contribution is -0.116. The smallest absolute Gasteiger partial charge is 0.232 e. The SMILES string of the molecule is CN(C)CCCC(=O)Nc1cccc(-c2c(-c3ccccc3)oc3ncnc(N[C@H](CO)c4ccccc4)c23)c1. The third kappa shape index (κ3) is 6.20. The average Bonchev–Trinajstić information content (AvgIpc) is 3.37. The fourth-order valence-electron chi connectivity index (χ4n) is 4.73. The Bertz CT molecular complexity index is 1570. The molecule has 3 N–H and O–H groups in total. The summed E-state index contributed by atoms with van der Waals surface area (Å²) in [6.45, 7) is 0.728. The molecule has 0 unspecified atom stereocenters. The third-order valence-corrected chi connectivity index (χ3v) is 6.66. The van der Waals surface area contributed by atoms with Crippen molar-refractivity contribution in [3.63, 3.8) is 0 Å². The molecule has 0 aliphatic heterocycles. The molecule has 5 aromatic rings. The van der Waals surface area contributed by atoms with Gasteiger partial charge in [-0.15, -0.1) is 0 Å². The van der Waals surface area contributed by atoms with Crippen molar-refractivity contribution in [3.8, 4) is 22.5 Å². The molecule has 1 atom stereocenters. The minimum atomic E-state index is -0.380. The minimum absolute atomic E-state index is 0.0290. The summed E-state index contributed by atoms with van der Waals surface area (Å²) in [4.78, 5) is 23.7. The molecule has 0 bridgehead atoms. The highest BCUT2D eigenvalue weighted by Crippen LogP contribution is 2.43. The minimum Gasteiger partial charge on any atom is -0.437 e. The van der Waals surface area contributed by atoms with E-state index in [1.807, 2.05) is 99.0 Å². The van der Waals surface area contributed by atoms with E-state index in [9.17, 15) is 9.90 Å². The van der Waals surface area contributed by atoms with Gasteiger partial charge in [0.2, 0.25) is 11.6 Å². The van der Waals surface area contributed by atoms with Crippen LogP contribution in [0.3, 0.4) is 0 Å². The molecule has 2 aromatic heterocycles. The average molecular weight is 536 g/mol. The van der Waals surface area contributed by atoms with Crippen molar-refractivity contribution in [2.24, 2.45) is 0 Å². The normalized spacial score (nSPS) is 12.0. The first kappa shape index (κ1) is 27.1.